The number of hydrogen-bond donors (Lipinski definition) is 0. The summed E-state index contributed by atoms with van der Waals surface area (Å²) in [7, 11) is 0. The first-order valence-electron chi connectivity index (χ1n) is 50.5. The quantitative estimate of drug-likeness (QED) is 0.0208. The molecule has 694 valence electrons. The molecule has 7 aromatic carbocycles. The van der Waals surface area contributed by atoms with Crippen molar-refractivity contribution in [3.8, 4) is 82.2 Å². The predicted octanol–water partition coefficient (Wildman–Crippen LogP) is 34.3. The SMILES string of the molecule is C#Cc1ccc(/C=C/c2cc(OCCCCCC)c(/C=C/c3cc(OCCCCCC)c(/C=C/c4cc(OCCCCCC)c(/C=C/c5cc(OCCCCCC)c(/C=C/c6cc(OCCCCCC)c(/C=C/c7ccc(C#C)cc7)cc6OCCCCCC)cc5OCCCCCC)cc4OCCCCCC)cc3OCCCCCC)cc2OCCCCCC)cc1. The van der Waals surface area contributed by atoms with E-state index < -0.39 is 0 Å². The molecule has 0 amide bonds. The maximum Gasteiger partial charge on any atom is 0.127 e. The summed E-state index contributed by atoms with van der Waals surface area (Å²) in [6, 6.07) is 37.9. The maximum atomic E-state index is 7.06. The van der Waals surface area contributed by atoms with Crippen molar-refractivity contribution in [3.05, 3.63) is 187 Å². The van der Waals surface area contributed by atoms with Crippen LogP contribution in [0, 0.1) is 24.7 Å². The summed E-state index contributed by atoms with van der Waals surface area (Å²) in [6.45, 7) is 28.4. The van der Waals surface area contributed by atoms with Crippen LogP contribution in [0.1, 0.15) is 404 Å². The number of ether oxygens (including phenoxy) is 10. The van der Waals surface area contributed by atoms with Gasteiger partial charge in [-0.1, -0.05) is 371 Å². The molecule has 0 saturated heterocycles. The second-order valence-electron chi connectivity index (χ2n) is 34.3. The Kier molecular flexibility index (Phi) is 54.6. The Morgan fingerprint density at radius 3 is 0.414 bits per heavy atom. The van der Waals surface area contributed by atoms with Crippen LogP contribution < -0.4 is 47.4 Å². The lowest BCUT2D eigenvalue weighted by molar-refractivity contribution is 0.295. The molecular formula is C118H162O10. The lowest BCUT2D eigenvalue weighted by Crippen LogP contribution is -2.04. The van der Waals surface area contributed by atoms with Crippen molar-refractivity contribution < 1.29 is 47.4 Å². The Morgan fingerprint density at radius 2 is 0.297 bits per heavy atom. The van der Waals surface area contributed by atoms with Crippen molar-refractivity contribution in [2.75, 3.05) is 66.1 Å². The summed E-state index contributed by atoms with van der Waals surface area (Å²) < 4.78 is 69.4. The Bertz CT molecular complexity index is 4190. The molecular weight excluding hydrogens is 1580 g/mol. The average molecular weight is 1740 g/mol. The number of terminal acetylenes is 2. The van der Waals surface area contributed by atoms with Gasteiger partial charge in [0.25, 0.3) is 0 Å². The van der Waals surface area contributed by atoms with Crippen molar-refractivity contribution >= 4 is 72.9 Å². The van der Waals surface area contributed by atoms with Crippen LogP contribution in [0.25, 0.3) is 72.9 Å². The van der Waals surface area contributed by atoms with Crippen molar-refractivity contribution in [1.29, 1.82) is 0 Å². The van der Waals surface area contributed by atoms with E-state index in [1.54, 1.807) is 0 Å². The molecule has 0 N–H and O–H groups in total. The molecule has 7 rings (SSSR count). The summed E-state index contributed by atoms with van der Waals surface area (Å²) in [5.41, 5.74) is 13.0. The van der Waals surface area contributed by atoms with Crippen molar-refractivity contribution in [1.82, 2.24) is 0 Å². The third-order valence-corrected chi connectivity index (χ3v) is 23.1. The monoisotopic (exact) mass is 1740 g/mol. The van der Waals surface area contributed by atoms with Gasteiger partial charge in [-0.25, -0.2) is 0 Å². The van der Waals surface area contributed by atoms with E-state index in [0.29, 0.717) is 66.1 Å². The highest BCUT2D eigenvalue weighted by molar-refractivity contribution is 5.86. The molecule has 0 aromatic heterocycles. The summed E-state index contributed by atoms with van der Waals surface area (Å²) >= 11 is 0. The van der Waals surface area contributed by atoms with E-state index in [1.807, 2.05) is 24.3 Å². The largest absolute Gasteiger partial charge is 0.493 e. The van der Waals surface area contributed by atoms with E-state index in [9.17, 15) is 0 Å². The van der Waals surface area contributed by atoms with E-state index in [0.717, 1.165) is 367 Å². The Balaban J connectivity index is 1.41. The van der Waals surface area contributed by atoms with Gasteiger partial charge < -0.3 is 47.4 Å². The molecule has 0 aliphatic heterocycles. The number of hydrogen-bond acceptors (Lipinski definition) is 10. The topological polar surface area (TPSA) is 92.3 Å². The molecule has 0 spiro atoms. The van der Waals surface area contributed by atoms with Gasteiger partial charge in [-0.2, -0.15) is 0 Å². The third-order valence-electron chi connectivity index (χ3n) is 23.1. The Hall–Kier alpha value is -9.90. The molecule has 0 fully saturated rings. The molecule has 7 aromatic rings. The average Bonchev–Trinajstić information content (AvgIpc) is 0.810. The van der Waals surface area contributed by atoms with Crippen LogP contribution in [0.15, 0.2) is 109 Å². The molecule has 0 heterocycles. The van der Waals surface area contributed by atoms with Gasteiger partial charge in [0, 0.05) is 66.8 Å². The molecule has 10 heteroatoms. The summed E-state index contributed by atoms with van der Waals surface area (Å²) in [4.78, 5) is 0. The fourth-order valence-corrected chi connectivity index (χ4v) is 15.1. The molecule has 0 aliphatic rings. The molecule has 0 saturated carbocycles. The molecule has 0 atom stereocenters. The van der Waals surface area contributed by atoms with Crippen LogP contribution in [0.4, 0.5) is 0 Å². The predicted molar refractivity (Wildman–Crippen MR) is 551 cm³/mol. The minimum atomic E-state index is 0.568. The van der Waals surface area contributed by atoms with Gasteiger partial charge in [-0.05, 0) is 160 Å². The summed E-state index contributed by atoms with van der Waals surface area (Å²) in [5.74, 6) is 13.4. The van der Waals surface area contributed by atoms with Gasteiger partial charge in [-0.3, -0.25) is 0 Å². The second kappa shape index (κ2) is 66.5. The molecule has 10 nitrogen and oxygen atoms in total. The first kappa shape index (κ1) is 105. The highest BCUT2D eigenvalue weighted by atomic mass is 16.5. The molecule has 0 bridgehead atoms. The number of rotatable bonds is 72. The smallest absolute Gasteiger partial charge is 0.127 e. The van der Waals surface area contributed by atoms with E-state index >= 15 is 0 Å². The Labute approximate surface area is 777 Å². The number of benzene rings is 7. The maximum absolute atomic E-state index is 7.06. The molecule has 0 unspecified atom stereocenters. The van der Waals surface area contributed by atoms with Gasteiger partial charge in [0.15, 0.2) is 0 Å². The van der Waals surface area contributed by atoms with Gasteiger partial charge in [0.05, 0.1) is 66.1 Å². The van der Waals surface area contributed by atoms with Crippen molar-refractivity contribution in [2.45, 2.75) is 326 Å². The fraction of sp³-hybridized carbons (Fsp3) is 0.508. The van der Waals surface area contributed by atoms with Crippen LogP contribution in [0.3, 0.4) is 0 Å². The standard InChI is InChI=1S/C118H162O10/c1-13-25-35-45-75-119-109-87-101(111(121-77-47-37-27-15-3)85-99(109)65-63-97-59-55-95(23-11)56-60-97)67-69-103-89-115(125-81-51-41-31-19-7)105(91-113(103)123-79-49-39-29-17-5)71-73-107-93-118(128-84-54-44-34-22-10)108(94-117(107)127-83-53-43-33-21-9)74-72-106-92-114(124-80-50-40-30-18-6)104(90-116(106)126-82-52-42-32-20-8)70-68-102-88-110(120-76-46-36-26-14-2)100(86-112(102)122-78-48-38-28-16-4)66-64-98-61-57-96(24-12)58-62-98/h11-12,55-74,85-94H,13-22,25-54,75-84H2,1-10H3/b65-63+,66-64+,69-67+,70-68+,73-71+,74-72+. The van der Waals surface area contributed by atoms with E-state index in [4.69, 9.17) is 60.2 Å². The van der Waals surface area contributed by atoms with Crippen molar-refractivity contribution in [2.24, 2.45) is 0 Å². The third kappa shape index (κ3) is 40.8. The zero-order valence-corrected chi connectivity index (χ0v) is 80.9. The summed E-state index contributed by atoms with van der Waals surface area (Å²) in [5, 5.41) is 0. The first-order valence-corrected chi connectivity index (χ1v) is 50.5. The zero-order valence-electron chi connectivity index (χ0n) is 80.9. The first-order chi connectivity index (χ1) is 63.0. The van der Waals surface area contributed by atoms with Crippen LogP contribution in [-0.4, -0.2) is 66.1 Å². The van der Waals surface area contributed by atoms with Crippen LogP contribution >= 0.6 is 0 Å². The highest BCUT2D eigenvalue weighted by Gasteiger charge is 2.20. The molecule has 128 heavy (non-hydrogen) atoms. The van der Waals surface area contributed by atoms with Crippen LogP contribution in [-0.2, 0) is 0 Å². The van der Waals surface area contributed by atoms with Gasteiger partial charge in [0.2, 0.25) is 0 Å². The lowest BCUT2D eigenvalue weighted by Gasteiger charge is -2.18. The van der Waals surface area contributed by atoms with Gasteiger partial charge in [0.1, 0.15) is 57.5 Å². The summed E-state index contributed by atoms with van der Waals surface area (Å²) in [6.07, 6.45) is 80.9. The van der Waals surface area contributed by atoms with Gasteiger partial charge >= 0.3 is 0 Å². The number of unbranched alkanes of at least 4 members (excludes halogenated alkanes) is 30. The van der Waals surface area contributed by atoms with E-state index in [-0.39, 0.29) is 0 Å². The minimum absolute atomic E-state index is 0.568. The van der Waals surface area contributed by atoms with E-state index in [1.165, 1.54) is 25.7 Å². The molecule has 0 radical (unpaired) electrons. The minimum Gasteiger partial charge on any atom is -0.493 e. The van der Waals surface area contributed by atoms with Gasteiger partial charge in [-0.15, -0.1) is 12.8 Å². The molecule has 0 aliphatic carbocycles. The van der Waals surface area contributed by atoms with E-state index in [2.05, 4.69) is 239 Å². The zero-order chi connectivity index (χ0) is 90.9. The van der Waals surface area contributed by atoms with Crippen LogP contribution in [0.5, 0.6) is 57.5 Å². The lowest BCUT2D eigenvalue weighted by atomic mass is 10.0. The second-order valence-corrected chi connectivity index (χ2v) is 34.3. The highest BCUT2D eigenvalue weighted by Crippen LogP contribution is 2.41. The van der Waals surface area contributed by atoms with Crippen molar-refractivity contribution in [3.63, 3.8) is 0 Å². The fourth-order valence-electron chi connectivity index (χ4n) is 15.1. The van der Waals surface area contributed by atoms with Crippen LogP contribution in [0.2, 0.25) is 0 Å². The normalized spacial score (nSPS) is 11.6. The Morgan fingerprint density at radius 1 is 0.172 bits per heavy atom.